The Balaban J connectivity index is 2.29. The average Bonchev–Trinajstić information content (AvgIpc) is 2.04. The van der Waals surface area contributed by atoms with E-state index < -0.39 is 6.50 Å². The molecule has 0 amide bonds. The van der Waals surface area contributed by atoms with Gasteiger partial charge in [0.05, 0.1) is 0 Å². The van der Waals surface area contributed by atoms with E-state index in [0.29, 0.717) is 5.92 Å². The molecule has 2 aliphatic rings. The molecule has 1 nitrogen and oxygen atoms in total. The van der Waals surface area contributed by atoms with Crippen molar-refractivity contribution in [1.82, 2.24) is 5.32 Å². The highest BCUT2D eigenvalue weighted by Gasteiger charge is 2.17. The highest BCUT2D eigenvalue weighted by atomic mass is 14.9. The highest BCUT2D eigenvalue weighted by Crippen LogP contribution is 2.25. The second kappa shape index (κ2) is 2.59. The summed E-state index contributed by atoms with van der Waals surface area (Å²) in [6.45, 7) is -0.476. The van der Waals surface area contributed by atoms with Crippen molar-refractivity contribution in [1.29, 1.82) is 0 Å². The number of fused-ring (bicyclic) bond motifs is 1. The van der Waals surface area contributed by atoms with Crippen molar-refractivity contribution < 1.29 is 2.74 Å². The van der Waals surface area contributed by atoms with Crippen LogP contribution in [0, 0.1) is 5.92 Å². The molecule has 2 rings (SSSR count). The summed E-state index contributed by atoms with van der Waals surface area (Å²) in [4.78, 5) is 0. The second-order valence-corrected chi connectivity index (χ2v) is 2.82. The van der Waals surface area contributed by atoms with Gasteiger partial charge < -0.3 is 5.32 Å². The van der Waals surface area contributed by atoms with Crippen LogP contribution in [0.2, 0.25) is 0 Å². The van der Waals surface area contributed by atoms with Gasteiger partial charge in [-0.3, -0.25) is 0 Å². The maximum absolute atomic E-state index is 7.70. The van der Waals surface area contributed by atoms with E-state index in [1.54, 1.807) is 0 Å². The van der Waals surface area contributed by atoms with E-state index in [-0.39, 0.29) is 0 Å². The van der Waals surface area contributed by atoms with E-state index in [4.69, 9.17) is 2.74 Å². The lowest BCUT2D eigenvalue weighted by Crippen LogP contribution is -2.30. The van der Waals surface area contributed by atoms with Gasteiger partial charge in [0.2, 0.25) is 0 Å². The first-order valence-electron chi connectivity index (χ1n) is 4.82. The molecular weight excluding hydrogens is 122 g/mol. The topological polar surface area (TPSA) is 12.0 Å². The minimum absolute atomic E-state index is 0.436. The molecule has 0 spiro atoms. The summed E-state index contributed by atoms with van der Waals surface area (Å²) in [5.41, 5.74) is 0.927. The minimum atomic E-state index is -1.27. The molecule has 1 aliphatic carbocycles. The fraction of sp³-hybridized carbons (Fsp3) is 0.556. The lowest BCUT2D eigenvalue weighted by molar-refractivity contribution is 0.467. The van der Waals surface area contributed by atoms with Gasteiger partial charge in [0.15, 0.2) is 0 Å². The van der Waals surface area contributed by atoms with Crippen LogP contribution in [0.15, 0.2) is 23.8 Å². The number of hydrogen-bond donors (Lipinski definition) is 1. The quantitative estimate of drug-likeness (QED) is 0.533. The first-order chi connectivity index (χ1) is 5.70. The molecule has 1 N–H and O–H groups in total. The molecule has 0 radical (unpaired) electrons. The third-order valence-corrected chi connectivity index (χ3v) is 2.12. The maximum atomic E-state index is 7.70. The van der Waals surface area contributed by atoms with Crippen LogP contribution in [0.25, 0.3) is 0 Å². The molecule has 1 atom stereocenters. The zero-order valence-corrected chi connectivity index (χ0v) is 5.93. The second-order valence-electron chi connectivity index (χ2n) is 2.82. The molecule has 1 heteroatoms. The molecule has 0 aromatic carbocycles. The number of nitrogens with one attached hydrogen (secondary N) is 1. The van der Waals surface area contributed by atoms with Gasteiger partial charge in [-0.15, -0.1) is 0 Å². The minimum Gasteiger partial charge on any atom is -0.313 e. The van der Waals surface area contributed by atoms with Crippen molar-refractivity contribution in [2.75, 3.05) is 13.0 Å². The summed E-state index contributed by atoms with van der Waals surface area (Å²) in [6, 6.07) is 0. The van der Waals surface area contributed by atoms with Crippen LogP contribution in [-0.4, -0.2) is 13.0 Å². The summed E-state index contributed by atoms with van der Waals surface area (Å²) in [5.74, 6) is 0.436. The van der Waals surface area contributed by atoms with Crippen LogP contribution in [0.5, 0.6) is 0 Å². The van der Waals surface area contributed by atoms with Gasteiger partial charge in [0.1, 0.15) is 0 Å². The third-order valence-electron chi connectivity index (χ3n) is 2.12. The molecule has 10 heavy (non-hydrogen) atoms. The van der Waals surface area contributed by atoms with Crippen LogP contribution in [0.4, 0.5) is 0 Å². The van der Waals surface area contributed by atoms with Gasteiger partial charge >= 0.3 is 0 Å². The Kier molecular flexibility index (Phi) is 1.12. The first kappa shape index (κ1) is 4.35. The fourth-order valence-corrected chi connectivity index (χ4v) is 1.51. The highest BCUT2D eigenvalue weighted by molar-refractivity contribution is 5.23. The summed E-state index contributed by atoms with van der Waals surface area (Å²) in [7, 11) is 0. The molecule has 54 valence electrons. The Morgan fingerprint density at radius 2 is 2.70 bits per heavy atom. The largest absolute Gasteiger partial charge is 0.313 e. The van der Waals surface area contributed by atoms with Crippen molar-refractivity contribution in [3.63, 3.8) is 0 Å². The van der Waals surface area contributed by atoms with Gasteiger partial charge in [-0.25, -0.2) is 0 Å². The van der Waals surface area contributed by atoms with Crippen LogP contribution in [0.3, 0.4) is 0 Å². The van der Waals surface area contributed by atoms with Gasteiger partial charge in [-0.2, -0.15) is 0 Å². The standard InChI is InChI=1S/C9H13N/c1-2-4-9-7-10-6-5-8(9)3-1/h1-2,4,8,10H,3,5-7H2/i7D2. The van der Waals surface area contributed by atoms with E-state index in [0.717, 1.165) is 25.0 Å². The SMILES string of the molecule is [2H]C1([2H])NCCC2CC=CC=C21. The van der Waals surface area contributed by atoms with E-state index in [1.165, 1.54) is 0 Å². The Morgan fingerprint density at radius 3 is 3.60 bits per heavy atom. The zero-order valence-electron chi connectivity index (χ0n) is 7.93. The van der Waals surface area contributed by atoms with Gasteiger partial charge in [-0.1, -0.05) is 23.8 Å². The number of rotatable bonds is 0. The van der Waals surface area contributed by atoms with Crippen molar-refractivity contribution in [3.8, 4) is 0 Å². The molecule has 1 heterocycles. The summed E-state index contributed by atoms with van der Waals surface area (Å²) in [5, 5.41) is 2.89. The fourth-order valence-electron chi connectivity index (χ4n) is 1.51. The predicted molar refractivity (Wildman–Crippen MR) is 42.8 cm³/mol. The molecular formula is C9H13N. The smallest absolute Gasteiger partial charge is 0.0476 e. The number of hydrogen-bond acceptors (Lipinski definition) is 1. The van der Waals surface area contributed by atoms with Crippen molar-refractivity contribution in [3.05, 3.63) is 23.8 Å². The van der Waals surface area contributed by atoms with Gasteiger partial charge in [0, 0.05) is 9.24 Å². The predicted octanol–water partition coefficient (Wildman–Crippen LogP) is 1.48. The van der Waals surface area contributed by atoms with Gasteiger partial charge in [0.25, 0.3) is 0 Å². The van der Waals surface area contributed by atoms with Crippen molar-refractivity contribution in [2.45, 2.75) is 12.8 Å². The normalized spacial score (nSPS) is 39.2. The summed E-state index contributed by atoms with van der Waals surface area (Å²) >= 11 is 0. The summed E-state index contributed by atoms with van der Waals surface area (Å²) in [6.07, 6.45) is 8.06. The Labute approximate surface area is 64.6 Å². The number of piperidine rings is 1. The molecule has 1 fully saturated rings. The lowest BCUT2D eigenvalue weighted by atomic mass is 9.86. The summed E-state index contributed by atoms with van der Waals surface area (Å²) < 4.78 is 15.4. The molecule has 0 aromatic heterocycles. The maximum Gasteiger partial charge on any atom is 0.0476 e. The van der Waals surface area contributed by atoms with E-state index in [9.17, 15) is 0 Å². The van der Waals surface area contributed by atoms with Crippen LogP contribution in [0.1, 0.15) is 15.6 Å². The van der Waals surface area contributed by atoms with Crippen LogP contribution >= 0.6 is 0 Å². The molecule has 1 aliphatic heterocycles. The molecule has 0 aromatic rings. The Bertz CT molecular complexity index is 243. The van der Waals surface area contributed by atoms with E-state index in [2.05, 4.69) is 11.4 Å². The van der Waals surface area contributed by atoms with E-state index in [1.807, 2.05) is 12.2 Å². The molecule has 1 saturated heterocycles. The molecule has 1 unspecified atom stereocenters. The third kappa shape index (κ3) is 1.01. The first-order valence-corrected chi connectivity index (χ1v) is 3.82. The Hall–Kier alpha value is -0.560. The zero-order chi connectivity index (χ0) is 8.60. The van der Waals surface area contributed by atoms with Crippen molar-refractivity contribution in [2.24, 2.45) is 5.92 Å². The number of allylic oxidation sites excluding steroid dienone is 3. The monoisotopic (exact) mass is 137 g/mol. The molecule has 0 saturated carbocycles. The van der Waals surface area contributed by atoms with Gasteiger partial charge in [-0.05, 0) is 25.3 Å². The van der Waals surface area contributed by atoms with Crippen molar-refractivity contribution >= 4 is 0 Å². The van der Waals surface area contributed by atoms with Crippen LogP contribution < -0.4 is 5.32 Å². The Morgan fingerprint density at radius 1 is 1.70 bits per heavy atom. The van der Waals surface area contributed by atoms with E-state index >= 15 is 0 Å². The lowest BCUT2D eigenvalue weighted by Gasteiger charge is -2.26. The average molecular weight is 137 g/mol. The molecule has 0 bridgehead atoms. The van der Waals surface area contributed by atoms with Crippen LogP contribution in [-0.2, 0) is 0 Å².